The van der Waals surface area contributed by atoms with Gasteiger partial charge in [-0.2, -0.15) is 0 Å². The maximum atomic E-state index is 6.12. The largest absolute Gasteiger partial charge is 0.381 e. The van der Waals surface area contributed by atoms with E-state index in [0.717, 1.165) is 39.0 Å². The molecule has 1 unspecified atom stereocenters. The molecule has 1 aromatic rings. The average molecular weight is 236 g/mol. The Bertz CT molecular complexity index is 346. The van der Waals surface area contributed by atoms with Crippen molar-refractivity contribution in [2.75, 3.05) is 13.2 Å². The lowest BCUT2D eigenvalue weighted by atomic mass is 9.94. The number of nitrogens with two attached hydrogens (primary N) is 1. The molecule has 3 heteroatoms. The highest BCUT2D eigenvalue weighted by atomic mass is 16.5. The zero-order chi connectivity index (χ0) is 12.1. The van der Waals surface area contributed by atoms with E-state index < -0.39 is 0 Å². The summed E-state index contributed by atoms with van der Waals surface area (Å²) in [6.45, 7) is 4.96. The van der Waals surface area contributed by atoms with Crippen LogP contribution in [0.2, 0.25) is 0 Å². The lowest BCUT2D eigenvalue weighted by molar-refractivity contribution is 0.129. The second-order valence-corrected chi connectivity index (χ2v) is 4.88. The second-order valence-electron chi connectivity index (χ2n) is 4.88. The van der Waals surface area contributed by atoms with Crippen LogP contribution in [0.3, 0.4) is 0 Å². The van der Waals surface area contributed by atoms with Gasteiger partial charge in [-0.1, -0.05) is 6.92 Å². The molecule has 0 fully saturated rings. The van der Waals surface area contributed by atoms with Gasteiger partial charge in [0.25, 0.3) is 0 Å². The van der Waals surface area contributed by atoms with E-state index >= 15 is 0 Å². The van der Waals surface area contributed by atoms with Crippen LogP contribution >= 0.6 is 0 Å². The fraction of sp³-hybridized carbons (Fsp3) is 0.714. The Morgan fingerprint density at radius 2 is 2.35 bits per heavy atom. The van der Waals surface area contributed by atoms with E-state index in [1.54, 1.807) is 0 Å². The fourth-order valence-electron chi connectivity index (χ4n) is 2.59. The number of hydrogen-bond acceptors (Lipinski definition) is 2. The summed E-state index contributed by atoms with van der Waals surface area (Å²) in [6, 6.07) is 2.46. The van der Waals surface area contributed by atoms with Crippen molar-refractivity contribution in [1.82, 2.24) is 4.57 Å². The lowest BCUT2D eigenvalue weighted by Gasteiger charge is -2.21. The number of hydrogen-bond donors (Lipinski definition) is 1. The highest BCUT2D eigenvalue weighted by Crippen LogP contribution is 2.28. The fourth-order valence-corrected chi connectivity index (χ4v) is 2.59. The summed E-state index contributed by atoms with van der Waals surface area (Å²) in [5.74, 6) is 0. The van der Waals surface area contributed by atoms with E-state index in [4.69, 9.17) is 10.5 Å². The van der Waals surface area contributed by atoms with E-state index in [-0.39, 0.29) is 6.04 Å². The summed E-state index contributed by atoms with van der Waals surface area (Å²) < 4.78 is 7.87. The van der Waals surface area contributed by atoms with Gasteiger partial charge in [-0.05, 0) is 43.7 Å². The molecule has 0 aromatic carbocycles. The Morgan fingerprint density at radius 1 is 1.47 bits per heavy atom. The number of fused-ring (bicyclic) bond motifs is 1. The molecule has 0 radical (unpaired) electrons. The van der Waals surface area contributed by atoms with Gasteiger partial charge in [0.1, 0.15) is 0 Å². The van der Waals surface area contributed by atoms with E-state index in [1.165, 1.54) is 24.1 Å². The van der Waals surface area contributed by atoms with Crippen LogP contribution in [0.5, 0.6) is 0 Å². The number of rotatable bonds is 6. The molecule has 96 valence electrons. The molecule has 3 nitrogen and oxygen atoms in total. The molecule has 1 atom stereocenters. The van der Waals surface area contributed by atoms with E-state index in [2.05, 4.69) is 23.8 Å². The zero-order valence-electron chi connectivity index (χ0n) is 10.8. The van der Waals surface area contributed by atoms with Crippen molar-refractivity contribution in [2.45, 2.75) is 51.6 Å². The average Bonchev–Trinajstić information content (AvgIpc) is 2.74. The smallest absolute Gasteiger partial charge is 0.0483 e. The number of nitrogens with zero attached hydrogens (tertiary/aromatic N) is 1. The summed E-state index contributed by atoms with van der Waals surface area (Å²) in [7, 11) is 0. The van der Waals surface area contributed by atoms with Crippen LogP contribution < -0.4 is 5.73 Å². The summed E-state index contributed by atoms with van der Waals surface area (Å²) >= 11 is 0. The van der Waals surface area contributed by atoms with Gasteiger partial charge in [-0.3, -0.25) is 0 Å². The van der Waals surface area contributed by atoms with Crippen LogP contribution in [0.1, 0.15) is 49.9 Å². The minimum absolute atomic E-state index is 0.261. The van der Waals surface area contributed by atoms with Gasteiger partial charge in [0.15, 0.2) is 0 Å². The van der Waals surface area contributed by atoms with Crippen LogP contribution in [0.15, 0.2) is 12.3 Å². The maximum Gasteiger partial charge on any atom is 0.0483 e. The third-order valence-corrected chi connectivity index (χ3v) is 3.48. The number of ether oxygens (including phenoxy) is 1. The maximum absolute atomic E-state index is 6.12. The predicted octanol–water partition coefficient (Wildman–Crippen LogP) is 2.64. The van der Waals surface area contributed by atoms with Gasteiger partial charge in [0.2, 0.25) is 0 Å². The third kappa shape index (κ3) is 3.11. The third-order valence-electron chi connectivity index (χ3n) is 3.48. The Labute approximate surface area is 104 Å². The Balaban J connectivity index is 1.85. The van der Waals surface area contributed by atoms with Crippen molar-refractivity contribution in [3.63, 3.8) is 0 Å². The first kappa shape index (κ1) is 12.7. The molecule has 1 aromatic heterocycles. The molecule has 0 saturated carbocycles. The minimum atomic E-state index is 0.261. The van der Waals surface area contributed by atoms with Gasteiger partial charge in [-0.25, -0.2) is 0 Å². The highest BCUT2D eigenvalue weighted by Gasteiger charge is 2.19. The van der Waals surface area contributed by atoms with Crippen LogP contribution in [0.4, 0.5) is 0 Å². The van der Waals surface area contributed by atoms with E-state index in [9.17, 15) is 0 Å². The molecule has 0 amide bonds. The van der Waals surface area contributed by atoms with Gasteiger partial charge >= 0.3 is 0 Å². The van der Waals surface area contributed by atoms with Crippen molar-refractivity contribution in [1.29, 1.82) is 0 Å². The normalized spacial score (nSPS) is 19.3. The van der Waals surface area contributed by atoms with Crippen LogP contribution in [0.25, 0.3) is 0 Å². The molecule has 0 aliphatic heterocycles. The Hall–Kier alpha value is -0.800. The summed E-state index contributed by atoms with van der Waals surface area (Å²) in [5.41, 5.74) is 8.94. The van der Waals surface area contributed by atoms with Crippen LogP contribution in [-0.4, -0.2) is 17.8 Å². The van der Waals surface area contributed by atoms with Crippen molar-refractivity contribution in [3.05, 3.63) is 23.5 Å². The molecular formula is C14H24N2O. The van der Waals surface area contributed by atoms with Crippen LogP contribution in [-0.2, 0) is 17.7 Å². The number of aryl methyl sites for hydroxylation is 1. The summed E-state index contributed by atoms with van der Waals surface area (Å²) in [4.78, 5) is 0. The molecule has 1 heterocycles. The topological polar surface area (TPSA) is 40.2 Å². The molecule has 0 bridgehead atoms. The van der Waals surface area contributed by atoms with Gasteiger partial charge < -0.3 is 15.0 Å². The van der Waals surface area contributed by atoms with Crippen molar-refractivity contribution in [3.8, 4) is 0 Å². The molecule has 0 spiro atoms. The van der Waals surface area contributed by atoms with E-state index in [0.29, 0.717) is 0 Å². The summed E-state index contributed by atoms with van der Waals surface area (Å²) in [6.07, 6.45) is 7.94. The van der Waals surface area contributed by atoms with Crippen molar-refractivity contribution < 1.29 is 4.74 Å². The molecule has 2 rings (SSSR count). The first-order chi connectivity index (χ1) is 8.33. The standard InChI is InChI=1S/C14H24N2O/c1-2-10-17-11-4-8-16-9-7-12-13(15)5-3-6-14(12)16/h7,9,13H,2-6,8,10-11,15H2,1H3. The molecular weight excluding hydrogens is 212 g/mol. The Morgan fingerprint density at radius 3 is 3.18 bits per heavy atom. The SMILES string of the molecule is CCCOCCCn1ccc2c1CCCC2N. The molecule has 1 aliphatic carbocycles. The Kier molecular flexibility index (Phi) is 4.63. The van der Waals surface area contributed by atoms with Gasteiger partial charge in [-0.15, -0.1) is 0 Å². The van der Waals surface area contributed by atoms with Crippen molar-refractivity contribution >= 4 is 0 Å². The predicted molar refractivity (Wildman–Crippen MR) is 70.0 cm³/mol. The molecule has 17 heavy (non-hydrogen) atoms. The lowest BCUT2D eigenvalue weighted by Crippen LogP contribution is -2.18. The minimum Gasteiger partial charge on any atom is -0.381 e. The van der Waals surface area contributed by atoms with Gasteiger partial charge in [0.05, 0.1) is 0 Å². The monoisotopic (exact) mass is 236 g/mol. The quantitative estimate of drug-likeness (QED) is 0.771. The highest BCUT2D eigenvalue weighted by molar-refractivity contribution is 5.28. The van der Waals surface area contributed by atoms with E-state index in [1.807, 2.05) is 0 Å². The molecule has 1 aliphatic rings. The summed E-state index contributed by atoms with van der Waals surface area (Å²) in [5, 5.41) is 0. The molecule has 0 saturated heterocycles. The number of aromatic nitrogens is 1. The zero-order valence-corrected chi connectivity index (χ0v) is 10.8. The first-order valence-corrected chi connectivity index (χ1v) is 6.84. The van der Waals surface area contributed by atoms with Crippen LogP contribution in [0, 0.1) is 0 Å². The first-order valence-electron chi connectivity index (χ1n) is 6.84. The van der Waals surface area contributed by atoms with Crippen molar-refractivity contribution in [2.24, 2.45) is 5.73 Å². The van der Waals surface area contributed by atoms with Gasteiger partial charge in [0, 0.05) is 37.7 Å². The second kappa shape index (κ2) is 6.22. The molecule has 2 N–H and O–H groups in total.